The molecular formula is C31H25NO6. The molecule has 7 heteroatoms. The molecule has 0 bridgehead atoms. The lowest BCUT2D eigenvalue weighted by molar-refractivity contribution is -0.134. The van der Waals surface area contributed by atoms with Crippen molar-refractivity contribution in [2.75, 3.05) is 6.61 Å². The van der Waals surface area contributed by atoms with Crippen LogP contribution in [0.5, 0.6) is 11.5 Å². The first-order valence-corrected chi connectivity index (χ1v) is 12.1. The summed E-state index contributed by atoms with van der Waals surface area (Å²) in [4.78, 5) is 22.9. The maximum absolute atomic E-state index is 11.8. The van der Waals surface area contributed by atoms with Gasteiger partial charge in [-0.3, -0.25) is 0 Å². The van der Waals surface area contributed by atoms with E-state index in [0.29, 0.717) is 23.7 Å². The van der Waals surface area contributed by atoms with Crippen molar-refractivity contribution in [1.29, 1.82) is 0 Å². The fraction of sp³-hybridized carbons (Fsp3) is 0.0968. The number of hydrogen-bond acceptors (Lipinski definition) is 4. The first-order valence-electron chi connectivity index (χ1n) is 12.1. The number of carboxylic acids is 2. The topological polar surface area (TPSA) is 98.0 Å². The summed E-state index contributed by atoms with van der Waals surface area (Å²) in [6, 6.07) is 27.4. The van der Waals surface area contributed by atoms with Crippen LogP contribution >= 0.6 is 0 Å². The van der Waals surface area contributed by atoms with E-state index in [2.05, 4.69) is 4.57 Å². The summed E-state index contributed by atoms with van der Waals surface area (Å²) < 4.78 is 13.6. The van der Waals surface area contributed by atoms with Crippen LogP contribution in [0.25, 0.3) is 27.8 Å². The minimum atomic E-state index is -1.16. The maximum atomic E-state index is 11.8. The first kappa shape index (κ1) is 24.6. The average Bonchev–Trinajstić information content (AvgIpc) is 3.33. The van der Waals surface area contributed by atoms with Crippen LogP contribution in [0.3, 0.4) is 0 Å². The highest BCUT2D eigenvalue weighted by atomic mass is 16.5. The minimum absolute atomic E-state index is 0.177. The smallest absolute Gasteiger partial charge is 0.371 e. The number of aromatic nitrogens is 1. The molecule has 0 spiro atoms. The highest BCUT2D eigenvalue weighted by molar-refractivity contribution is 5.93. The van der Waals surface area contributed by atoms with Crippen LogP contribution in [-0.2, 0) is 11.3 Å². The van der Waals surface area contributed by atoms with Crippen molar-refractivity contribution in [3.63, 3.8) is 0 Å². The Morgan fingerprint density at radius 2 is 1.55 bits per heavy atom. The van der Waals surface area contributed by atoms with Gasteiger partial charge in [0.15, 0.2) is 0 Å². The van der Waals surface area contributed by atoms with E-state index in [4.69, 9.17) is 14.6 Å². The lowest BCUT2D eigenvalue weighted by atomic mass is 10.1. The molecule has 7 nitrogen and oxygen atoms in total. The van der Waals surface area contributed by atoms with Crippen LogP contribution in [-0.4, -0.2) is 33.3 Å². The Bertz CT molecular complexity index is 1650. The van der Waals surface area contributed by atoms with Crippen LogP contribution in [0.2, 0.25) is 0 Å². The van der Waals surface area contributed by atoms with Gasteiger partial charge >= 0.3 is 11.9 Å². The SMILES string of the molecule is O=C(O)/C(=C/c1ccc(OCCCn2ccc3cc(C(=O)O)ccc32)cc1)Oc1ccc2ccccc2c1. The third-order valence-electron chi connectivity index (χ3n) is 6.17. The van der Waals surface area contributed by atoms with Crippen molar-refractivity contribution < 1.29 is 29.3 Å². The average molecular weight is 508 g/mol. The molecule has 1 aromatic heterocycles. The molecule has 38 heavy (non-hydrogen) atoms. The van der Waals surface area contributed by atoms with E-state index >= 15 is 0 Å². The molecule has 4 aromatic carbocycles. The first-order chi connectivity index (χ1) is 18.5. The number of aryl methyl sites for hydroxylation is 1. The van der Waals surface area contributed by atoms with Crippen LogP contribution in [0.4, 0.5) is 0 Å². The summed E-state index contributed by atoms with van der Waals surface area (Å²) in [6.07, 6.45) is 4.18. The number of rotatable bonds is 10. The molecule has 0 radical (unpaired) electrons. The number of carboxylic acid groups (broad SMARTS) is 2. The third kappa shape index (κ3) is 5.68. The van der Waals surface area contributed by atoms with Gasteiger partial charge in [-0.15, -0.1) is 0 Å². The monoisotopic (exact) mass is 507 g/mol. The van der Waals surface area contributed by atoms with Gasteiger partial charge < -0.3 is 24.3 Å². The molecule has 5 rings (SSSR count). The molecule has 5 aromatic rings. The highest BCUT2D eigenvalue weighted by Crippen LogP contribution is 2.24. The van der Waals surface area contributed by atoms with Crippen molar-refractivity contribution in [1.82, 2.24) is 4.57 Å². The molecule has 2 N–H and O–H groups in total. The number of fused-ring (bicyclic) bond motifs is 2. The second kappa shape index (κ2) is 10.9. The van der Waals surface area contributed by atoms with Gasteiger partial charge in [0.05, 0.1) is 12.2 Å². The highest BCUT2D eigenvalue weighted by Gasteiger charge is 2.11. The van der Waals surface area contributed by atoms with Crippen LogP contribution < -0.4 is 9.47 Å². The lowest BCUT2D eigenvalue weighted by Gasteiger charge is -2.09. The number of aliphatic carboxylic acids is 1. The number of benzene rings is 4. The van der Waals surface area contributed by atoms with Gasteiger partial charge in [-0.25, -0.2) is 9.59 Å². The van der Waals surface area contributed by atoms with Gasteiger partial charge in [0.1, 0.15) is 11.5 Å². The number of nitrogens with zero attached hydrogens (tertiary/aromatic N) is 1. The third-order valence-corrected chi connectivity index (χ3v) is 6.17. The van der Waals surface area contributed by atoms with E-state index in [9.17, 15) is 14.7 Å². The zero-order valence-corrected chi connectivity index (χ0v) is 20.4. The normalized spacial score (nSPS) is 11.5. The summed E-state index contributed by atoms with van der Waals surface area (Å²) in [5, 5.41) is 21.7. The zero-order valence-electron chi connectivity index (χ0n) is 20.4. The summed E-state index contributed by atoms with van der Waals surface area (Å²) in [5.41, 5.74) is 1.92. The molecule has 1 heterocycles. The quantitative estimate of drug-likeness (QED) is 0.128. The van der Waals surface area contributed by atoms with E-state index in [1.54, 1.807) is 42.5 Å². The molecule has 0 unspecified atom stereocenters. The Hall–Kier alpha value is -5.04. The van der Waals surface area contributed by atoms with E-state index in [-0.39, 0.29) is 11.3 Å². The van der Waals surface area contributed by atoms with Gasteiger partial charge in [0.25, 0.3) is 0 Å². The van der Waals surface area contributed by atoms with Gasteiger partial charge in [0, 0.05) is 23.6 Å². The standard InChI is InChI=1S/C31H25NO6/c33-30(34)25-9-13-28-24(19-25)14-16-32(28)15-3-17-37-26-10-6-21(7-11-26)18-29(31(35)36)38-27-12-8-22-4-1-2-5-23(22)20-27/h1-2,4-14,16,18-20H,3,15,17H2,(H,33,34)(H,35,36)/b29-18-. The Morgan fingerprint density at radius 3 is 2.32 bits per heavy atom. The molecule has 0 atom stereocenters. The Balaban J connectivity index is 1.17. The van der Waals surface area contributed by atoms with E-state index in [1.165, 1.54) is 6.08 Å². The van der Waals surface area contributed by atoms with E-state index in [0.717, 1.165) is 34.6 Å². The molecule has 0 aliphatic carbocycles. The Labute approximate surface area is 218 Å². The Kier molecular flexibility index (Phi) is 7.08. The predicted octanol–water partition coefficient (Wildman–Crippen LogP) is 6.47. The fourth-order valence-electron chi connectivity index (χ4n) is 4.26. The van der Waals surface area contributed by atoms with Gasteiger partial charge in [-0.2, -0.15) is 0 Å². The van der Waals surface area contributed by atoms with E-state index < -0.39 is 11.9 Å². The molecule has 190 valence electrons. The minimum Gasteiger partial charge on any atom is -0.494 e. The van der Waals surface area contributed by atoms with Gasteiger partial charge in [0.2, 0.25) is 5.76 Å². The van der Waals surface area contributed by atoms with Gasteiger partial charge in [-0.1, -0.05) is 42.5 Å². The van der Waals surface area contributed by atoms with Crippen molar-refractivity contribution in [3.05, 3.63) is 114 Å². The lowest BCUT2D eigenvalue weighted by Crippen LogP contribution is -2.07. The molecule has 0 saturated heterocycles. The van der Waals surface area contributed by atoms with Crippen molar-refractivity contribution in [2.24, 2.45) is 0 Å². The van der Waals surface area contributed by atoms with Crippen LogP contribution in [0.15, 0.2) is 103 Å². The number of carbonyl (C=O) groups is 2. The predicted molar refractivity (Wildman–Crippen MR) is 146 cm³/mol. The Morgan fingerprint density at radius 1 is 0.789 bits per heavy atom. The number of ether oxygens (including phenoxy) is 2. The van der Waals surface area contributed by atoms with Crippen LogP contribution in [0, 0.1) is 0 Å². The second-order valence-corrected chi connectivity index (χ2v) is 8.78. The molecular weight excluding hydrogens is 482 g/mol. The molecule has 0 saturated carbocycles. The number of aromatic carboxylic acids is 1. The van der Waals surface area contributed by atoms with Crippen molar-refractivity contribution in [3.8, 4) is 11.5 Å². The summed E-state index contributed by atoms with van der Waals surface area (Å²) in [6.45, 7) is 1.22. The fourth-order valence-corrected chi connectivity index (χ4v) is 4.26. The maximum Gasteiger partial charge on any atom is 0.371 e. The summed E-state index contributed by atoms with van der Waals surface area (Å²) in [7, 11) is 0. The summed E-state index contributed by atoms with van der Waals surface area (Å²) in [5.74, 6) is -1.14. The molecule has 0 amide bonds. The number of hydrogen-bond donors (Lipinski definition) is 2. The van der Waals surface area contributed by atoms with E-state index in [1.807, 2.05) is 54.7 Å². The van der Waals surface area contributed by atoms with Crippen LogP contribution in [0.1, 0.15) is 22.3 Å². The second-order valence-electron chi connectivity index (χ2n) is 8.78. The molecule has 0 aliphatic heterocycles. The van der Waals surface area contributed by atoms with Gasteiger partial charge in [-0.05, 0) is 77.4 Å². The van der Waals surface area contributed by atoms with Crippen molar-refractivity contribution >= 4 is 39.7 Å². The summed E-state index contributed by atoms with van der Waals surface area (Å²) >= 11 is 0. The largest absolute Gasteiger partial charge is 0.494 e. The zero-order chi connectivity index (χ0) is 26.5. The molecule has 0 aliphatic rings. The van der Waals surface area contributed by atoms with Crippen molar-refractivity contribution in [2.45, 2.75) is 13.0 Å². The molecule has 0 fully saturated rings.